The van der Waals surface area contributed by atoms with Crippen LogP contribution in [0, 0.1) is 5.92 Å². The Labute approximate surface area is 206 Å². The Morgan fingerprint density at radius 1 is 1.12 bits per heavy atom. The third-order valence-corrected chi connectivity index (χ3v) is 7.01. The van der Waals surface area contributed by atoms with Gasteiger partial charge in [0.1, 0.15) is 11.9 Å². The highest BCUT2D eigenvalue weighted by atomic mass is 35.5. The lowest BCUT2D eigenvalue weighted by atomic mass is 9.84. The van der Waals surface area contributed by atoms with Crippen molar-refractivity contribution in [3.63, 3.8) is 0 Å². The van der Waals surface area contributed by atoms with Crippen molar-refractivity contribution in [3.05, 3.63) is 76.4 Å². The number of methoxy groups -OCH3 is 1. The van der Waals surface area contributed by atoms with Gasteiger partial charge in [0.25, 0.3) is 0 Å². The number of hydrogen-bond donors (Lipinski definition) is 0. The third kappa shape index (κ3) is 4.11. The van der Waals surface area contributed by atoms with Gasteiger partial charge in [-0.25, -0.2) is 9.59 Å². The van der Waals surface area contributed by atoms with Crippen molar-refractivity contribution in [2.45, 2.75) is 37.8 Å². The third-order valence-electron chi connectivity index (χ3n) is 6.85. The van der Waals surface area contributed by atoms with E-state index in [-0.39, 0.29) is 6.42 Å². The topological polar surface area (TPSA) is 72.9 Å². The molecule has 1 saturated carbocycles. The maximum Gasteiger partial charge on any atom is 0.338 e. The summed E-state index contributed by atoms with van der Waals surface area (Å²) in [6.07, 6.45) is 2.89. The summed E-state index contributed by atoms with van der Waals surface area (Å²) in [5.74, 6) is -4.35. The molecule has 2 aromatic rings. The van der Waals surface area contributed by atoms with Gasteiger partial charge < -0.3 is 14.4 Å². The highest BCUT2D eigenvalue weighted by molar-refractivity contribution is 6.27. The number of fused-ring (bicyclic) bond motifs is 2. The van der Waals surface area contributed by atoms with Gasteiger partial charge in [-0.2, -0.15) is 0 Å². The predicted molar refractivity (Wildman–Crippen MR) is 127 cm³/mol. The van der Waals surface area contributed by atoms with Crippen LogP contribution in [0.1, 0.15) is 55.1 Å². The van der Waals surface area contributed by atoms with Crippen LogP contribution in [0.4, 0.5) is 0 Å². The number of amides is 1. The molecule has 0 radical (unpaired) electrons. The zero-order valence-corrected chi connectivity index (χ0v) is 19.5. The molecule has 0 saturated heterocycles. The van der Waals surface area contributed by atoms with Crippen LogP contribution in [-0.2, 0) is 25.5 Å². The molecule has 3 aliphatic rings. The summed E-state index contributed by atoms with van der Waals surface area (Å²) < 4.78 is 26.2. The second-order valence-electron chi connectivity index (χ2n) is 8.95. The zero-order valence-electron chi connectivity index (χ0n) is 20.8. The van der Waals surface area contributed by atoms with E-state index < -0.39 is 35.8 Å². The van der Waals surface area contributed by atoms with Crippen LogP contribution in [0.3, 0.4) is 0 Å². The van der Waals surface area contributed by atoms with E-state index in [1.54, 1.807) is 24.3 Å². The number of hydrogen-bond acceptors (Lipinski definition) is 5. The Morgan fingerprint density at radius 3 is 2.53 bits per heavy atom. The molecule has 1 amide bonds. The number of benzene rings is 2. The number of nitrogens with zero attached hydrogens (tertiary/aromatic N) is 1. The largest absolute Gasteiger partial charge is 0.467 e. The smallest absolute Gasteiger partial charge is 0.338 e. The molecule has 2 atom stereocenters. The van der Waals surface area contributed by atoms with Gasteiger partial charge in [0, 0.05) is 6.42 Å². The molecule has 0 N–H and O–H groups in total. The summed E-state index contributed by atoms with van der Waals surface area (Å²) in [5, 5.41) is 0. The fourth-order valence-corrected chi connectivity index (χ4v) is 5.06. The van der Waals surface area contributed by atoms with E-state index >= 15 is 0 Å². The first kappa shape index (κ1) is 20.3. The second-order valence-corrected chi connectivity index (χ2v) is 9.14. The average Bonchev–Trinajstić information content (AvgIpc) is 3.63. The van der Waals surface area contributed by atoms with Crippen LogP contribution >= 0.6 is 11.6 Å². The molecule has 1 aliphatic heterocycles. The normalized spacial score (nSPS) is 22.4. The average molecular weight is 482 g/mol. The molecule has 34 heavy (non-hydrogen) atoms. The Bertz CT molecular complexity index is 1250. The van der Waals surface area contributed by atoms with Gasteiger partial charge in [0.05, 0.1) is 28.1 Å². The van der Waals surface area contributed by atoms with Crippen LogP contribution in [0.25, 0.3) is 5.57 Å². The molecule has 1 heterocycles. The lowest BCUT2D eigenvalue weighted by Gasteiger charge is -2.42. The number of esters is 2. The van der Waals surface area contributed by atoms with Gasteiger partial charge in [-0.1, -0.05) is 36.4 Å². The Morgan fingerprint density at radius 2 is 1.85 bits per heavy atom. The number of alkyl halides is 1. The first-order chi connectivity index (χ1) is 17.2. The number of carbonyl (C=O) groups is 3. The van der Waals surface area contributed by atoms with E-state index in [1.165, 1.54) is 12.0 Å². The van der Waals surface area contributed by atoms with Crippen molar-refractivity contribution in [1.29, 1.82) is 0 Å². The molecule has 0 spiro atoms. The van der Waals surface area contributed by atoms with Gasteiger partial charge in [-0.05, 0) is 65.1 Å². The Balaban J connectivity index is 1.57. The minimum Gasteiger partial charge on any atom is -0.467 e. The van der Waals surface area contributed by atoms with Crippen molar-refractivity contribution in [3.8, 4) is 0 Å². The maximum absolute atomic E-state index is 13.3. The molecule has 0 unspecified atom stereocenters. The standard InChI is InChI=1S/C27H26ClNO5/c1-33-27(32)23-13-21-20-5-3-2-4-19(20)12-22(21)25(29(23)24(30)14-28)17-8-10-18(11-9-17)26(31)34-15-16-6-7-16/h2-5,8-11,16,23,25H,6-7,12-15H2,1H3/t23-,25+/m1/s1/i14D2. The molecule has 1 fully saturated rings. The van der Waals surface area contributed by atoms with Crippen molar-refractivity contribution in [2.75, 3.05) is 19.5 Å². The van der Waals surface area contributed by atoms with Crippen LogP contribution in [-0.4, -0.2) is 48.3 Å². The lowest BCUT2D eigenvalue weighted by molar-refractivity contribution is -0.153. The van der Waals surface area contributed by atoms with Gasteiger partial charge in [-0.3, -0.25) is 4.79 Å². The summed E-state index contributed by atoms with van der Waals surface area (Å²) in [7, 11) is 1.24. The van der Waals surface area contributed by atoms with E-state index in [0.29, 0.717) is 30.1 Å². The fourth-order valence-electron chi connectivity index (χ4n) is 4.96. The van der Waals surface area contributed by atoms with Gasteiger partial charge >= 0.3 is 11.9 Å². The van der Waals surface area contributed by atoms with Crippen molar-refractivity contribution >= 4 is 35.0 Å². The highest BCUT2D eigenvalue weighted by Crippen LogP contribution is 2.49. The van der Waals surface area contributed by atoms with Crippen LogP contribution in [0.15, 0.2) is 54.1 Å². The molecule has 6 nitrogen and oxygen atoms in total. The molecular weight excluding hydrogens is 454 g/mol. The van der Waals surface area contributed by atoms with E-state index in [9.17, 15) is 14.4 Å². The lowest BCUT2D eigenvalue weighted by Crippen LogP contribution is -2.51. The molecule has 0 aromatic heterocycles. The van der Waals surface area contributed by atoms with E-state index in [2.05, 4.69) is 0 Å². The minimum absolute atomic E-state index is 0.194. The minimum atomic E-state index is -2.72. The van der Waals surface area contributed by atoms with Crippen molar-refractivity contribution < 1.29 is 26.6 Å². The molecule has 2 aromatic carbocycles. The Hall–Kier alpha value is -3.12. The molecular formula is C27H26ClNO5. The highest BCUT2D eigenvalue weighted by Gasteiger charge is 2.45. The first-order valence-electron chi connectivity index (χ1n) is 12.4. The van der Waals surface area contributed by atoms with Gasteiger partial charge in [0.15, 0.2) is 0 Å². The molecule has 0 bridgehead atoms. The van der Waals surface area contributed by atoms with Crippen LogP contribution < -0.4 is 0 Å². The number of halogens is 1. The molecule has 2 aliphatic carbocycles. The summed E-state index contributed by atoms with van der Waals surface area (Å²) in [5.41, 5.74) is 4.94. The first-order valence-corrected chi connectivity index (χ1v) is 11.7. The van der Waals surface area contributed by atoms with E-state index in [4.69, 9.17) is 23.8 Å². The zero-order chi connectivity index (χ0) is 25.6. The van der Waals surface area contributed by atoms with Crippen molar-refractivity contribution in [2.24, 2.45) is 5.92 Å². The Kier molecular flexibility index (Phi) is 5.52. The molecule has 176 valence electrons. The van der Waals surface area contributed by atoms with Gasteiger partial charge in [-0.15, -0.1) is 11.6 Å². The van der Waals surface area contributed by atoms with Crippen LogP contribution in [0.5, 0.6) is 0 Å². The van der Waals surface area contributed by atoms with E-state index in [1.807, 2.05) is 24.3 Å². The fraction of sp³-hybridized carbons (Fsp3) is 0.370. The summed E-state index contributed by atoms with van der Waals surface area (Å²) in [6.45, 7) is 0.408. The predicted octanol–water partition coefficient (Wildman–Crippen LogP) is 4.32. The summed E-state index contributed by atoms with van der Waals surface area (Å²) in [4.78, 5) is 39.9. The molecule has 7 heteroatoms. The second kappa shape index (κ2) is 9.26. The number of rotatable bonds is 6. The monoisotopic (exact) mass is 481 g/mol. The number of ether oxygens (including phenoxy) is 2. The number of carbonyl (C=O) groups excluding carboxylic acids is 3. The quantitative estimate of drug-likeness (QED) is 0.454. The summed E-state index contributed by atoms with van der Waals surface area (Å²) >= 11 is 5.86. The van der Waals surface area contributed by atoms with Gasteiger partial charge in [0.2, 0.25) is 5.91 Å². The van der Waals surface area contributed by atoms with E-state index in [0.717, 1.165) is 35.1 Å². The summed E-state index contributed by atoms with van der Waals surface area (Å²) in [6, 6.07) is 12.7. The van der Waals surface area contributed by atoms with Crippen LogP contribution in [0.2, 0.25) is 0 Å². The SMILES string of the molecule is [2H]C([2H])(Cl)C(=O)N1[C@@H](C(=O)OC)CC2=C(Cc3ccccc32)[C@@H]1c1ccc(C(=O)OCC2CC2)cc1. The molecule has 5 rings (SSSR count). The van der Waals surface area contributed by atoms with Crippen molar-refractivity contribution in [1.82, 2.24) is 4.90 Å². The maximum atomic E-state index is 13.3.